The van der Waals surface area contributed by atoms with Crippen molar-refractivity contribution in [2.45, 2.75) is 6.43 Å². The Hall–Kier alpha value is -3.20. The third kappa shape index (κ3) is 5.15. The van der Waals surface area contributed by atoms with E-state index in [2.05, 4.69) is 19.9 Å². The Morgan fingerprint density at radius 3 is 2.92 bits per heavy atom. The molecule has 26 heavy (non-hydrogen) atoms. The molecule has 2 aromatic rings. The number of pyridine rings is 1. The summed E-state index contributed by atoms with van der Waals surface area (Å²) in [5.41, 5.74) is 7.41. The highest BCUT2D eigenvalue weighted by Crippen LogP contribution is 2.20. The Labute approximate surface area is 148 Å². The summed E-state index contributed by atoms with van der Waals surface area (Å²) in [4.78, 5) is 15.3. The Bertz CT molecular complexity index is 841. The van der Waals surface area contributed by atoms with Crippen LogP contribution in [0, 0.1) is 5.41 Å². The number of alkyl halides is 2. The number of nitrogens with zero attached hydrogens (tertiary/aromatic N) is 3. The number of halogens is 2. The molecular weight excluding hydrogens is 342 g/mol. The second-order valence-electron chi connectivity index (χ2n) is 5.08. The summed E-state index contributed by atoms with van der Waals surface area (Å²) in [6.45, 7) is 0.205. The maximum atomic E-state index is 12.3. The molecule has 0 aliphatic heterocycles. The van der Waals surface area contributed by atoms with Crippen LogP contribution in [0.15, 0.2) is 41.8 Å². The smallest absolute Gasteiger partial charge is 0.279 e. The van der Waals surface area contributed by atoms with Gasteiger partial charge >= 0.3 is 0 Å². The Kier molecular flexibility index (Phi) is 6.86. The standard InChI is InChI=1S/C17H18F2N6O/c18-17(19)13(21)1-2-16-24-10-15(25-16)11-3-4-23-14(7-11)12(8-20)9-22-5-6-26/h1-4,7-10,17,21,26H,5-6,20H2,(H,24,25)/b2-1-,12-8?,21-13?,22-9?. The van der Waals surface area contributed by atoms with Gasteiger partial charge in [0.2, 0.25) is 0 Å². The van der Waals surface area contributed by atoms with Gasteiger partial charge in [-0.15, -0.1) is 0 Å². The SMILES string of the molecule is N=C(/C=C\c1ncc(-c2ccnc(C(C=NCCO)=CN)c2)[nH]1)C(F)F. The van der Waals surface area contributed by atoms with Gasteiger partial charge < -0.3 is 15.8 Å². The lowest BCUT2D eigenvalue weighted by molar-refractivity contribution is 0.226. The lowest BCUT2D eigenvalue weighted by Gasteiger charge is -2.03. The summed E-state index contributed by atoms with van der Waals surface area (Å²) < 4.78 is 24.6. The quantitative estimate of drug-likeness (QED) is 0.538. The largest absolute Gasteiger partial charge is 0.404 e. The van der Waals surface area contributed by atoms with E-state index in [1.807, 2.05) is 0 Å². The number of H-pyrrole nitrogens is 1. The van der Waals surface area contributed by atoms with Crippen LogP contribution in [0.4, 0.5) is 8.78 Å². The minimum absolute atomic E-state index is 0.0602. The molecule has 136 valence electrons. The normalized spacial score (nSPS) is 12.5. The molecule has 0 aromatic carbocycles. The molecule has 0 bridgehead atoms. The maximum absolute atomic E-state index is 12.3. The van der Waals surface area contributed by atoms with Crippen molar-refractivity contribution in [2.24, 2.45) is 10.7 Å². The number of hydrogen-bond donors (Lipinski definition) is 4. The molecule has 2 aromatic heterocycles. The van der Waals surface area contributed by atoms with Crippen molar-refractivity contribution in [1.82, 2.24) is 15.0 Å². The van der Waals surface area contributed by atoms with E-state index in [1.165, 1.54) is 18.5 Å². The molecule has 0 saturated heterocycles. The van der Waals surface area contributed by atoms with Gasteiger partial charge in [-0.2, -0.15) is 0 Å². The van der Waals surface area contributed by atoms with E-state index < -0.39 is 12.1 Å². The van der Waals surface area contributed by atoms with Crippen molar-refractivity contribution in [3.05, 3.63) is 48.3 Å². The number of aliphatic hydroxyl groups is 1. The molecule has 0 spiro atoms. The average Bonchev–Trinajstić information content (AvgIpc) is 3.12. The van der Waals surface area contributed by atoms with Crippen LogP contribution in [-0.2, 0) is 0 Å². The summed E-state index contributed by atoms with van der Waals surface area (Å²) in [5.74, 6) is 0.350. The van der Waals surface area contributed by atoms with E-state index in [9.17, 15) is 8.78 Å². The molecule has 0 aliphatic rings. The van der Waals surface area contributed by atoms with Gasteiger partial charge in [-0.1, -0.05) is 0 Å². The molecule has 9 heteroatoms. The number of aromatic nitrogens is 3. The third-order valence-corrected chi connectivity index (χ3v) is 3.26. The topological polar surface area (TPSA) is 124 Å². The fourth-order valence-electron chi connectivity index (χ4n) is 1.98. The van der Waals surface area contributed by atoms with Crippen LogP contribution >= 0.6 is 0 Å². The number of hydrogen-bond acceptors (Lipinski definition) is 6. The minimum atomic E-state index is -2.82. The Balaban J connectivity index is 2.21. The molecule has 2 heterocycles. The molecule has 0 aliphatic carbocycles. The van der Waals surface area contributed by atoms with E-state index in [1.54, 1.807) is 24.5 Å². The molecule has 0 amide bonds. The Morgan fingerprint density at radius 2 is 2.23 bits per heavy atom. The molecule has 0 unspecified atom stereocenters. The van der Waals surface area contributed by atoms with E-state index in [-0.39, 0.29) is 13.2 Å². The monoisotopic (exact) mass is 360 g/mol. The van der Waals surface area contributed by atoms with Gasteiger partial charge in [-0.05, 0) is 24.3 Å². The number of rotatable bonds is 8. The lowest BCUT2D eigenvalue weighted by atomic mass is 10.1. The van der Waals surface area contributed by atoms with Crippen molar-refractivity contribution in [2.75, 3.05) is 13.2 Å². The fraction of sp³-hybridized carbons (Fsp3) is 0.176. The molecular formula is C17H18F2N6O. The van der Waals surface area contributed by atoms with Gasteiger partial charge in [-0.3, -0.25) is 15.4 Å². The highest BCUT2D eigenvalue weighted by Gasteiger charge is 2.08. The fourth-order valence-corrected chi connectivity index (χ4v) is 1.98. The van der Waals surface area contributed by atoms with Crippen molar-refractivity contribution >= 4 is 23.6 Å². The molecule has 0 saturated carbocycles. The predicted molar refractivity (Wildman–Crippen MR) is 97.2 cm³/mol. The molecule has 0 radical (unpaired) electrons. The van der Waals surface area contributed by atoms with Gasteiger partial charge in [0.1, 0.15) is 5.82 Å². The van der Waals surface area contributed by atoms with Gasteiger partial charge in [0.25, 0.3) is 6.43 Å². The maximum Gasteiger partial charge on any atom is 0.279 e. The number of aromatic amines is 1. The van der Waals surface area contributed by atoms with E-state index in [0.717, 1.165) is 11.6 Å². The van der Waals surface area contributed by atoms with Crippen LogP contribution in [0.3, 0.4) is 0 Å². The van der Waals surface area contributed by atoms with Gasteiger partial charge in [0.15, 0.2) is 0 Å². The molecule has 5 N–H and O–H groups in total. The van der Waals surface area contributed by atoms with Crippen molar-refractivity contribution in [3.8, 4) is 11.3 Å². The van der Waals surface area contributed by atoms with Crippen molar-refractivity contribution in [1.29, 1.82) is 5.41 Å². The first-order valence-corrected chi connectivity index (χ1v) is 7.64. The first-order valence-electron chi connectivity index (χ1n) is 7.64. The first-order chi connectivity index (χ1) is 12.5. The number of aliphatic imine (C=N–C) groups is 1. The van der Waals surface area contributed by atoms with E-state index in [4.69, 9.17) is 16.2 Å². The van der Waals surface area contributed by atoms with Gasteiger partial charge in [0, 0.05) is 29.7 Å². The van der Waals surface area contributed by atoms with Crippen molar-refractivity contribution in [3.63, 3.8) is 0 Å². The average molecular weight is 360 g/mol. The molecule has 0 atom stereocenters. The van der Waals surface area contributed by atoms with Crippen LogP contribution in [0.25, 0.3) is 22.9 Å². The van der Waals surface area contributed by atoms with Crippen molar-refractivity contribution < 1.29 is 13.9 Å². The summed E-state index contributed by atoms with van der Waals surface area (Å²) in [6.07, 6.45) is 5.53. The zero-order chi connectivity index (χ0) is 18.9. The lowest BCUT2D eigenvalue weighted by Crippen LogP contribution is -2.03. The van der Waals surface area contributed by atoms with Gasteiger partial charge in [-0.25, -0.2) is 13.8 Å². The second kappa shape index (κ2) is 9.33. The number of aliphatic hydroxyl groups excluding tert-OH is 1. The molecule has 2 rings (SSSR count). The number of nitrogens with one attached hydrogen (secondary N) is 2. The molecule has 7 nitrogen and oxygen atoms in total. The third-order valence-electron chi connectivity index (χ3n) is 3.26. The Morgan fingerprint density at radius 1 is 1.42 bits per heavy atom. The molecule has 0 fully saturated rings. The number of nitrogens with two attached hydrogens (primary N) is 1. The van der Waals surface area contributed by atoms with E-state index in [0.29, 0.717) is 22.8 Å². The van der Waals surface area contributed by atoms with Crippen LogP contribution in [0.5, 0.6) is 0 Å². The highest BCUT2D eigenvalue weighted by atomic mass is 19.3. The summed E-state index contributed by atoms with van der Waals surface area (Å²) in [6, 6.07) is 3.52. The highest BCUT2D eigenvalue weighted by molar-refractivity contribution is 6.09. The zero-order valence-corrected chi connectivity index (χ0v) is 13.7. The van der Waals surface area contributed by atoms with Crippen LogP contribution in [0.2, 0.25) is 0 Å². The van der Waals surface area contributed by atoms with Crippen LogP contribution in [0.1, 0.15) is 11.5 Å². The van der Waals surface area contributed by atoms with Crippen LogP contribution < -0.4 is 5.73 Å². The van der Waals surface area contributed by atoms with Crippen LogP contribution in [-0.4, -0.2) is 51.6 Å². The summed E-state index contributed by atoms with van der Waals surface area (Å²) in [7, 11) is 0. The second-order valence-corrected chi connectivity index (χ2v) is 5.08. The number of allylic oxidation sites excluding steroid dienone is 2. The first kappa shape index (κ1) is 19.1. The van der Waals surface area contributed by atoms with Gasteiger partial charge in [0.05, 0.1) is 36.4 Å². The number of imidazole rings is 1. The van der Waals surface area contributed by atoms with E-state index >= 15 is 0 Å². The summed E-state index contributed by atoms with van der Waals surface area (Å²) in [5, 5.41) is 15.9. The zero-order valence-electron chi connectivity index (χ0n) is 13.7. The summed E-state index contributed by atoms with van der Waals surface area (Å²) >= 11 is 0. The predicted octanol–water partition coefficient (Wildman–Crippen LogP) is 2.13. The minimum Gasteiger partial charge on any atom is -0.404 e.